The van der Waals surface area contributed by atoms with Gasteiger partial charge in [0.15, 0.2) is 0 Å². The molecule has 1 rings (SSSR count). The number of nitrogens with zero attached hydrogens (tertiary/aromatic N) is 2. The van der Waals surface area contributed by atoms with E-state index in [1.807, 2.05) is 7.05 Å². The van der Waals surface area contributed by atoms with Crippen LogP contribution in [0.4, 0.5) is 5.69 Å². The fourth-order valence-electron chi connectivity index (χ4n) is 1.40. The smallest absolute Gasteiger partial charge is 0.354 e. The van der Waals surface area contributed by atoms with Crippen molar-refractivity contribution in [1.29, 1.82) is 0 Å². The Kier molecular flexibility index (Phi) is 3.88. The fourth-order valence-corrected chi connectivity index (χ4v) is 1.40. The van der Waals surface area contributed by atoms with Crippen LogP contribution in [0.15, 0.2) is 18.3 Å². The summed E-state index contributed by atoms with van der Waals surface area (Å²) in [6.07, 6.45) is 1.60. The highest BCUT2D eigenvalue weighted by Crippen LogP contribution is 2.18. The summed E-state index contributed by atoms with van der Waals surface area (Å²) in [4.78, 5) is 16.6. The zero-order valence-corrected chi connectivity index (χ0v) is 10.1. The van der Waals surface area contributed by atoms with Crippen LogP contribution in [-0.4, -0.2) is 29.1 Å². The Morgan fingerprint density at radius 2 is 2.00 bits per heavy atom. The molecular formula is C12H18N2O2. The summed E-state index contributed by atoms with van der Waals surface area (Å²) in [5.41, 5.74) is 1.01. The van der Waals surface area contributed by atoms with Crippen LogP contribution < -0.4 is 4.90 Å². The van der Waals surface area contributed by atoms with Crippen LogP contribution in [0.2, 0.25) is 0 Å². The van der Waals surface area contributed by atoms with Gasteiger partial charge in [0.05, 0.1) is 11.9 Å². The summed E-state index contributed by atoms with van der Waals surface area (Å²) in [6.45, 7) is 6.44. The van der Waals surface area contributed by atoms with E-state index < -0.39 is 5.97 Å². The molecule has 0 aliphatic heterocycles. The number of aromatic nitrogens is 1. The van der Waals surface area contributed by atoms with Gasteiger partial charge in [0.25, 0.3) is 0 Å². The topological polar surface area (TPSA) is 53.4 Å². The summed E-state index contributed by atoms with van der Waals surface area (Å²) in [6, 6.07) is 3.70. The highest BCUT2D eigenvalue weighted by molar-refractivity contribution is 5.85. The van der Waals surface area contributed by atoms with Gasteiger partial charge in [-0.05, 0) is 25.0 Å². The normalized spacial score (nSPS) is 12.6. The average molecular weight is 222 g/mol. The van der Waals surface area contributed by atoms with Crippen LogP contribution in [-0.2, 0) is 0 Å². The summed E-state index contributed by atoms with van der Waals surface area (Å²) < 4.78 is 0. The zero-order valence-electron chi connectivity index (χ0n) is 10.1. The minimum Gasteiger partial charge on any atom is -0.477 e. The molecule has 0 saturated carbocycles. The van der Waals surface area contributed by atoms with Crippen molar-refractivity contribution < 1.29 is 9.90 Å². The van der Waals surface area contributed by atoms with Crippen molar-refractivity contribution in [3.63, 3.8) is 0 Å². The molecule has 0 aliphatic carbocycles. The number of pyridine rings is 1. The molecule has 0 fully saturated rings. The van der Waals surface area contributed by atoms with Crippen LogP contribution in [0.5, 0.6) is 0 Å². The minimum atomic E-state index is -0.994. The Labute approximate surface area is 95.9 Å². The Bertz CT molecular complexity index is 360. The Balaban J connectivity index is 2.85. The third-order valence-electron chi connectivity index (χ3n) is 2.95. The van der Waals surface area contributed by atoms with Crippen molar-refractivity contribution >= 4 is 11.7 Å². The number of hydrogen-bond acceptors (Lipinski definition) is 3. The van der Waals surface area contributed by atoms with Crippen molar-refractivity contribution in [2.24, 2.45) is 5.92 Å². The molecule has 0 amide bonds. The number of carbonyl (C=O) groups is 1. The number of anilines is 1. The van der Waals surface area contributed by atoms with E-state index in [2.05, 4.69) is 30.7 Å². The lowest BCUT2D eigenvalue weighted by Gasteiger charge is -2.29. The predicted molar refractivity (Wildman–Crippen MR) is 63.9 cm³/mol. The van der Waals surface area contributed by atoms with Crippen LogP contribution in [0.3, 0.4) is 0 Å². The van der Waals surface area contributed by atoms with Gasteiger partial charge in [0.1, 0.15) is 5.69 Å². The molecule has 1 aromatic heterocycles. The largest absolute Gasteiger partial charge is 0.477 e. The second-order valence-corrected chi connectivity index (χ2v) is 4.30. The van der Waals surface area contributed by atoms with Gasteiger partial charge in [-0.25, -0.2) is 9.78 Å². The molecule has 1 aromatic rings. The van der Waals surface area contributed by atoms with E-state index in [1.165, 1.54) is 6.07 Å². The summed E-state index contributed by atoms with van der Waals surface area (Å²) in [5.74, 6) is -0.463. The molecule has 0 aromatic carbocycles. The van der Waals surface area contributed by atoms with E-state index in [4.69, 9.17) is 5.11 Å². The monoisotopic (exact) mass is 222 g/mol. The Hall–Kier alpha value is -1.58. The van der Waals surface area contributed by atoms with Crippen LogP contribution in [0.25, 0.3) is 0 Å². The summed E-state index contributed by atoms with van der Waals surface area (Å²) in [5, 5.41) is 8.74. The van der Waals surface area contributed by atoms with E-state index in [0.717, 1.165) is 5.69 Å². The maximum absolute atomic E-state index is 10.6. The zero-order chi connectivity index (χ0) is 12.3. The highest BCUT2D eigenvalue weighted by Gasteiger charge is 2.14. The lowest BCUT2D eigenvalue weighted by molar-refractivity contribution is 0.0690. The maximum Gasteiger partial charge on any atom is 0.354 e. The summed E-state index contributed by atoms with van der Waals surface area (Å²) in [7, 11) is 1.99. The van der Waals surface area contributed by atoms with Crippen LogP contribution in [0.1, 0.15) is 31.3 Å². The standard InChI is InChI=1S/C12H18N2O2/c1-8(2)9(3)14(4)10-5-6-11(12(15)16)13-7-10/h5-9H,1-4H3,(H,15,16). The number of carboxylic acids is 1. The van der Waals surface area contributed by atoms with Crippen molar-refractivity contribution in [2.45, 2.75) is 26.8 Å². The van der Waals surface area contributed by atoms with Gasteiger partial charge in [0, 0.05) is 13.1 Å². The quantitative estimate of drug-likeness (QED) is 0.849. The van der Waals surface area contributed by atoms with Crippen molar-refractivity contribution in [1.82, 2.24) is 4.98 Å². The molecule has 88 valence electrons. The average Bonchev–Trinajstić information content (AvgIpc) is 2.27. The van der Waals surface area contributed by atoms with Crippen molar-refractivity contribution in [2.75, 3.05) is 11.9 Å². The molecule has 0 saturated heterocycles. The van der Waals surface area contributed by atoms with Crippen molar-refractivity contribution in [3.05, 3.63) is 24.0 Å². The lowest BCUT2D eigenvalue weighted by Crippen LogP contribution is -2.33. The van der Waals surface area contributed by atoms with E-state index in [1.54, 1.807) is 12.3 Å². The number of hydrogen-bond donors (Lipinski definition) is 1. The fraction of sp³-hybridized carbons (Fsp3) is 0.500. The van der Waals surface area contributed by atoms with Gasteiger partial charge in [-0.15, -0.1) is 0 Å². The van der Waals surface area contributed by atoms with Crippen LogP contribution in [0, 0.1) is 5.92 Å². The molecule has 16 heavy (non-hydrogen) atoms. The van der Waals surface area contributed by atoms with Gasteiger partial charge in [-0.3, -0.25) is 0 Å². The minimum absolute atomic E-state index is 0.0781. The molecule has 1 heterocycles. The van der Waals surface area contributed by atoms with Gasteiger partial charge in [-0.2, -0.15) is 0 Å². The van der Waals surface area contributed by atoms with Crippen molar-refractivity contribution in [3.8, 4) is 0 Å². The number of rotatable bonds is 4. The third kappa shape index (κ3) is 2.72. The first kappa shape index (κ1) is 12.5. The van der Waals surface area contributed by atoms with Gasteiger partial charge in [-0.1, -0.05) is 13.8 Å². The molecule has 1 N–H and O–H groups in total. The first-order chi connectivity index (χ1) is 7.43. The molecule has 0 bridgehead atoms. The van der Waals surface area contributed by atoms with Gasteiger partial charge >= 0.3 is 5.97 Å². The molecule has 1 unspecified atom stereocenters. The van der Waals surface area contributed by atoms with Gasteiger partial charge in [0.2, 0.25) is 0 Å². The van der Waals surface area contributed by atoms with Crippen LogP contribution >= 0.6 is 0 Å². The summed E-state index contributed by atoms with van der Waals surface area (Å²) >= 11 is 0. The first-order valence-electron chi connectivity index (χ1n) is 5.35. The van der Waals surface area contributed by atoms with E-state index in [0.29, 0.717) is 12.0 Å². The SMILES string of the molecule is CC(C)C(C)N(C)c1ccc(C(=O)O)nc1. The third-order valence-corrected chi connectivity index (χ3v) is 2.95. The van der Waals surface area contributed by atoms with E-state index in [-0.39, 0.29) is 5.69 Å². The molecule has 0 spiro atoms. The second kappa shape index (κ2) is 4.96. The Morgan fingerprint density at radius 1 is 1.38 bits per heavy atom. The maximum atomic E-state index is 10.6. The lowest BCUT2D eigenvalue weighted by atomic mass is 10.0. The molecule has 4 nitrogen and oxygen atoms in total. The van der Waals surface area contributed by atoms with E-state index in [9.17, 15) is 4.79 Å². The molecule has 4 heteroatoms. The molecule has 1 atom stereocenters. The predicted octanol–water partition coefficient (Wildman–Crippen LogP) is 2.26. The second-order valence-electron chi connectivity index (χ2n) is 4.30. The Morgan fingerprint density at radius 3 is 2.38 bits per heavy atom. The van der Waals surface area contributed by atoms with E-state index >= 15 is 0 Å². The number of aromatic carboxylic acids is 1. The molecule has 0 radical (unpaired) electrons. The highest BCUT2D eigenvalue weighted by atomic mass is 16.4. The van der Waals surface area contributed by atoms with Gasteiger partial charge < -0.3 is 10.0 Å². The molecule has 0 aliphatic rings. The first-order valence-corrected chi connectivity index (χ1v) is 5.35. The molecular weight excluding hydrogens is 204 g/mol. The number of carboxylic acid groups (broad SMARTS) is 1.